The summed E-state index contributed by atoms with van der Waals surface area (Å²) in [5.74, 6) is -0.892. The fraction of sp³-hybridized carbons (Fsp3) is 0.545. The largest absolute Gasteiger partial charge is 0.354 e. The fourth-order valence-electron chi connectivity index (χ4n) is 2.00. The van der Waals surface area contributed by atoms with Crippen molar-refractivity contribution in [2.24, 2.45) is 5.92 Å². The van der Waals surface area contributed by atoms with E-state index in [9.17, 15) is 13.2 Å². The van der Waals surface area contributed by atoms with Crippen LogP contribution in [0.5, 0.6) is 0 Å². The Kier molecular flexibility index (Phi) is 3.76. The lowest BCUT2D eigenvalue weighted by Gasteiger charge is -2.32. The molecule has 17 heavy (non-hydrogen) atoms. The molecule has 1 aromatic rings. The number of hydrogen-bond acceptors (Lipinski definition) is 2. The lowest BCUT2D eigenvalue weighted by Crippen LogP contribution is -2.36. The maximum absolute atomic E-state index is 13.6. The SMILES string of the molecule is Fc1cc(Cl)cnc1N1CCC(C(F)F)CC1. The molecule has 2 nitrogen and oxygen atoms in total. The van der Waals surface area contributed by atoms with Crippen LogP contribution in [0.25, 0.3) is 0 Å². The molecule has 1 aromatic heterocycles. The number of aromatic nitrogens is 1. The van der Waals surface area contributed by atoms with Crippen LogP contribution >= 0.6 is 11.6 Å². The average Bonchev–Trinajstić information content (AvgIpc) is 2.29. The Bertz CT molecular complexity index is 392. The molecule has 1 aliphatic rings. The molecule has 0 amide bonds. The predicted octanol–water partition coefficient (Wildman–Crippen LogP) is 3.36. The van der Waals surface area contributed by atoms with Crippen molar-refractivity contribution in [3.8, 4) is 0 Å². The molecule has 2 heterocycles. The van der Waals surface area contributed by atoms with Gasteiger partial charge in [0.15, 0.2) is 11.6 Å². The van der Waals surface area contributed by atoms with E-state index >= 15 is 0 Å². The molecule has 1 saturated heterocycles. The van der Waals surface area contributed by atoms with Crippen LogP contribution in [0, 0.1) is 11.7 Å². The molecule has 0 radical (unpaired) electrons. The Morgan fingerprint density at radius 1 is 1.35 bits per heavy atom. The molecule has 1 fully saturated rings. The Morgan fingerprint density at radius 2 is 2.00 bits per heavy atom. The molecule has 0 spiro atoms. The first kappa shape index (κ1) is 12.5. The summed E-state index contributed by atoms with van der Waals surface area (Å²) in [6, 6.07) is 1.18. The van der Waals surface area contributed by atoms with Gasteiger partial charge in [0.1, 0.15) is 0 Å². The maximum Gasteiger partial charge on any atom is 0.241 e. The van der Waals surface area contributed by atoms with Crippen molar-refractivity contribution in [3.05, 3.63) is 23.1 Å². The number of pyridine rings is 1. The van der Waals surface area contributed by atoms with Gasteiger partial charge in [-0.15, -0.1) is 0 Å². The summed E-state index contributed by atoms with van der Waals surface area (Å²) in [5, 5.41) is 0.230. The van der Waals surface area contributed by atoms with Gasteiger partial charge in [-0.25, -0.2) is 18.2 Å². The van der Waals surface area contributed by atoms with Crippen molar-refractivity contribution in [1.82, 2.24) is 4.98 Å². The van der Waals surface area contributed by atoms with Gasteiger partial charge in [-0.05, 0) is 18.9 Å². The molecule has 94 valence electrons. The summed E-state index contributed by atoms with van der Waals surface area (Å²) >= 11 is 5.60. The molecule has 0 aromatic carbocycles. The van der Waals surface area contributed by atoms with E-state index < -0.39 is 18.2 Å². The van der Waals surface area contributed by atoms with Gasteiger partial charge in [0, 0.05) is 25.2 Å². The minimum atomic E-state index is -2.29. The van der Waals surface area contributed by atoms with Gasteiger partial charge in [-0.1, -0.05) is 11.6 Å². The van der Waals surface area contributed by atoms with E-state index in [0.717, 1.165) is 0 Å². The van der Waals surface area contributed by atoms with Crippen molar-refractivity contribution < 1.29 is 13.2 Å². The van der Waals surface area contributed by atoms with E-state index in [1.165, 1.54) is 12.3 Å². The van der Waals surface area contributed by atoms with Gasteiger partial charge < -0.3 is 4.90 Å². The first-order valence-electron chi connectivity index (χ1n) is 5.42. The van der Waals surface area contributed by atoms with Crippen LogP contribution < -0.4 is 4.90 Å². The summed E-state index contributed by atoms with van der Waals surface area (Å²) in [4.78, 5) is 5.59. The van der Waals surface area contributed by atoms with Crippen LogP contribution in [-0.2, 0) is 0 Å². The summed E-state index contributed by atoms with van der Waals surface area (Å²) in [5.41, 5.74) is 0. The second kappa shape index (κ2) is 5.12. The molecule has 0 unspecified atom stereocenters. The topological polar surface area (TPSA) is 16.1 Å². The van der Waals surface area contributed by atoms with E-state index in [4.69, 9.17) is 11.6 Å². The third-order valence-electron chi connectivity index (χ3n) is 2.98. The summed E-state index contributed by atoms with van der Waals surface area (Å²) < 4.78 is 38.5. The van der Waals surface area contributed by atoms with Crippen molar-refractivity contribution in [2.45, 2.75) is 19.3 Å². The van der Waals surface area contributed by atoms with Crippen molar-refractivity contribution in [1.29, 1.82) is 0 Å². The number of hydrogen-bond donors (Lipinski definition) is 0. The summed E-state index contributed by atoms with van der Waals surface area (Å²) in [7, 11) is 0. The molecule has 1 aliphatic heterocycles. The zero-order valence-corrected chi connectivity index (χ0v) is 9.80. The second-order valence-electron chi connectivity index (χ2n) is 4.12. The average molecular weight is 265 g/mol. The molecule has 0 saturated carbocycles. The number of nitrogens with zero attached hydrogens (tertiary/aromatic N) is 2. The van der Waals surface area contributed by atoms with Gasteiger partial charge in [0.2, 0.25) is 6.43 Å². The highest BCUT2D eigenvalue weighted by atomic mass is 35.5. The van der Waals surface area contributed by atoms with E-state index in [2.05, 4.69) is 4.98 Å². The highest BCUT2D eigenvalue weighted by Gasteiger charge is 2.27. The molecule has 2 rings (SSSR count). The molecule has 0 bridgehead atoms. The predicted molar refractivity (Wildman–Crippen MR) is 60.1 cm³/mol. The maximum atomic E-state index is 13.6. The Balaban J connectivity index is 2.05. The first-order valence-corrected chi connectivity index (χ1v) is 5.80. The second-order valence-corrected chi connectivity index (χ2v) is 4.55. The number of anilines is 1. The number of alkyl halides is 2. The van der Waals surface area contributed by atoms with Crippen LogP contribution in [0.1, 0.15) is 12.8 Å². The molecule has 6 heteroatoms. The van der Waals surface area contributed by atoms with Crippen molar-refractivity contribution in [2.75, 3.05) is 18.0 Å². The van der Waals surface area contributed by atoms with Crippen LogP contribution in [0.4, 0.5) is 19.0 Å². The standard InChI is InChI=1S/C11H12ClF3N2/c12-8-5-9(13)11(16-6-8)17-3-1-7(2-4-17)10(14)15/h5-7,10H,1-4H2. The zero-order valence-electron chi connectivity index (χ0n) is 9.04. The molecule has 0 aliphatic carbocycles. The summed E-state index contributed by atoms with van der Waals surface area (Å²) in [6.07, 6.45) is -0.206. The van der Waals surface area contributed by atoms with Gasteiger partial charge in [-0.2, -0.15) is 0 Å². The normalized spacial score (nSPS) is 17.8. The van der Waals surface area contributed by atoms with Gasteiger partial charge in [0.25, 0.3) is 0 Å². The van der Waals surface area contributed by atoms with E-state index in [-0.39, 0.29) is 10.8 Å². The lowest BCUT2D eigenvalue weighted by molar-refractivity contribution is 0.0635. The third kappa shape index (κ3) is 2.83. The minimum absolute atomic E-state index is 0.196. The molecule has 0 atom stereocenters. The summed E-state index contributed by atoms with van der Waals surface area (Å²) in [6.45, 7) is 0.807. The molecular weight excluding hydrogens is 253 g/mol. The third-order valence-corrected chi connectivity index (χ3v) is 3.19. The van der Waals surface area contributed by atoms with Crippen molar-refractivity contribution >= 4 is 17.4 Å². The zero-order chi connectivity index (χ0) is 12.4. The van der Waals surface area contributed by atoms with E-state index in [1.54, 1.807) is 4.90 Å². The van der Waals surface area contributed by atoms with Crippen molar-refractivity contribution in [3.63, 3.8) is 0 Å². The molecule has 0 N–H and O–H groups in total. The lowest BCUT2D eigenvalue weighted by atomic mass is 9.97. The monoisotopic (exact) mass is 264 g/mol. The molecular formula is C11H12ClF3N2. The number of rotatable bonds is 2. The quantitative estimate of drug-likeness (QED) is 0.814. The Morgan fingerprint density at radius 3 is 2.53 bits per heavy atom. The highest BCUT2D eigenvalue weighted by molar-refractivity contribution is 6.30. The van der Waals surface area contributed by atoms with Crippen LogP contribution in [0.15, 0.2) is 12.3 Å². The van der Waals surface area contributed by atoms with E-state index in [1.807, 2.05) is 0 Å². The fourth-order valence-corrected chi connectivity index (χ4v) is 2.15. The van der Waals surface area contributed by atoms with Gasteiger partial charge in [-0.3, -0.25) is 0 Å². The first-order chi connectivity index (χ1) is 8.08. The van der Waals surface area contributed by atoms with Crippen LogP contribution in [0.3, 0.4) is 0 Å². The van der Waals surface area contributed by atoms with Crippen LogP contribution in [-0.4, -0.2) is 24.5 Å². The Labute approximate surface area is 102 Å². The number of halogens is 4. The Hall–Kier alpha value is -0.970. The highest BCUT2D eigenvalue weighted by Crippen LogP contribution is 2.28. The van der Waals surface area contributed by atoms with E-state index in [0.29, 0.717) is 25.9 Å². The van der Waals surface area contributed by atoms with Crippen LogP contribution in [0.2, 0.25) is 5.02 Å². The number of piperidine rings is 1. The minimum Gasteiger partial charge on any atom is -0.354 e. The van der Waals surface area contributed by atoms with Gasteiger partial charge in [0.05, 0.1) is 5.02 Å². The smallest absolute Gasteiger partial charge is 0.241 e. The van der Waals surface area contributed by atoms with Gasteiger partial charge >= 0.3 is 0 Å².